The second kappa shape index (κ2) is 9.29. The van der Waals surface area contributed by atoms with E-state index < -0.39 is 17.1 Å². The van der Waals surface area contributed by atoms with Gasteiger partial charge in [0, 0.05) is 39.1 Å². The van der Waals surface area contributed by atoms with Crippen molar-refractivity contribution in [3.63, 3.8) is 0 Å². The molecule has 1 heterocycles. The van der Waals surface area contributed by atoms with Crippen LogP contribution < -0.4 is 5.32 Å². The highest BCUT2D eigenvalue weighted by Gasteiger charge is 2.35. The Bertz CT molecular complexity index is 717. The van der Waals surface area contributed by atoms with Crippen molar-refractivity contribution in [1.82, 2.24) is 15.1 Å². The van der Waals surface area contributed by atoms with Gasteiger partial charge in [-0.25, -0.2) is 4.79 Å². The summed E-state index contributed by atoms with van der Waals surface area (Å²) in [4.78, 5) is 40.6. The maximum absolute atomic E-state index is 13.0. The second-order valence-electron chi connectivity index (χ2n) is 8.84. The first-order chi connectivity index (χ1) is 13.5. The molecule has 2 rings (SSSR count). The van der Waals surface area contributed by atoms with Gasteiger partial charge in [0.05, 0.1) is 5.41 Å². The van der Waals surface area contributed by atoms with Crippen molar-refractivity contribution in [3.05, 3.63) is 35.9 Å². The molecule has 7 heteroatoms. The van der Waals surface area contributed by atoms with Crippen molar-refractivity contribution in [2.75, 3.05) is 32.7 Å². The van der Waals surface area contributed by atoms with Crippen LogP contribution in [0.15, 0.2) is 30.3 Å². The number of hydrogen-bond acceptors (Lipinski definition) is 4. The van der Waals surface area contributed by atoms with Gasteiger partial charge >= 0.3 is 6.09 Å². The van der Waals surface area contributed by atoms with Crippen molar-refractivity contribution in [3.8, 4) is 0 Å². The molecular weight excluding hydrogens is 370 g/mol. The minimum Gasteiger partial charge on any atom is -0.444 e. The van der Waals surface area contributed by atoms with E-state index in [9.17, 15) is 14.4 Å². The lowest BCUT2D eigenvalue weighted by Gasteiger charge is -2.38. The summed E-state index contributed by atoms with van der Waals surface area (Å²) in [6.45, 7) is 11.5. The van der Waals surface area contributed by atoms with E-state index in [1.54, 1.807) is 25.7 Å². The van der Waals surface area contributed by atoms with Crippen molar-refractivity contribution in [2.45, 2.75) is 52.1 Å². The first-order valence-electron chi connectivity index (χ1n) is 10.1. The van der Waals surface area contributed by atoms with Crippen LogP contribution in [0.4, 0.5) is 4.79 Å². The van der Waals surface area contributed by atoms with E-state index in [0.29, 0.717) is 26.2 Å². The zero-order chi connectivity index (χ0) is 21.7. The average Bonchev–Trinajstić information content (AvgIpc) is 2.66. The van der Waals surface area contributed by atoms with E-state index in [-0.39, 0.29) is 24.8 Å². The number of carbonyl (C=O) groups excluding carboxylic acids is 3. The summed E-state index contributed by atoms with van der Waals surface area (Å²) in [5.74, 6) is 0.0397. The zero-order valence-electron chi connectivity index (χ0n) is 18.2. The highest BCUT2D eigenvalue weighted by atomic mass is 16.6. The predicted octanol–water partition coefficient (Wildman–Crippen LogP) is 2.55. The highest BCUT2D eigenvalue weighted by Crippen LogP contribution is 2.26. The highest BCUT2D eigenvalue weighted by molar-refractivity contribution is 5.87. The van der Waals surface area contributed by atoms with Gasteiger partial charge in [0.25, 0.3) is 0 Å². The molecule has 1 aromatic carbocycles. The lowest BCUT2D eigenvalue weighted by atomic mass is 9.83. The molecule has 7 nitrogen and oxygen atoms in total. The molecule has 0 spiro atoms. The SMILES string of the molecule is CC(C)(C)OC(=O)NCCC(=O)N1CCN(C(=O)C(C)(C)c2ccccc2)CC1. The second-order valence-corrected chi connectivity index (χ2v) is 8.84. The Labute approximate surface area is 173 Å². The fourth-order valence-electron chi connectivity index (χ4n) is 3.28. The van der Waals surface area contributed by atoms with Crippen LogP contribution in [-0.2, 0) is 19.7 Å². The number of hydrogen-bond donors (Lipinski definition) is 1. The summed E-state index contributed by atoms with van der Waals surface area (Å²) in [5.41, 5.74) is -0.188. The molecule has 0 atom stereocenters. The number of piperazine rings is 1. The predicted molar refractivity (Wildman–Crippen MR) is 111 cm³/mol. The molecule has 160 valence electrons. The smallest absolute Gasteiger partial charge is 0.407 e. The van der Waals surface area contributed by atoms with Gasteiger partial charge in [0.2, 0.25) is 11.8 Å². The van der Waals surface area contributed by atoms with Crippen molar-refractivity contribution < 1.29 is 19.1 Å². The van der Waals surface area contributed by atoms with Crippen molar-refractivity contribution >= 4 is 17.9 Å². The Morgan fingerprint density at radius 3 is 2.03 bits per heavy atom. The van der Waals surface area contributed by atoms with Crippen LogP contribution in [0, 0.1) is 0 Å². The molecule has 0 unspecified atom stereocenters. The van der Waals surface area contributed by atoms with Crippen LogP contribution in [0.1, 0.15) is 46.6 Å². The summed E-state index contributed by atoms with van der Waals surface area (Å²) in [6.07, 6.45) is -0.313. The van der Waals surface area contributed by atoms with Crippen LogP contribution in [0.25, 0.3) is 0 Å². The standard InChI is InChI=1S/C22H33N3O4/c1-21(2,3)29-20(28)23-12-11-18(26)24-13-15-25(16-14-24)19(27)22(4,5)17-9-7-6-8-10-17/h6-10H,11-16H2,1-5H3,(H,23,28). The minimum atomic E-state index is -0.606. The fourth-order valence-corrected chi connectivity index (χ4v) is 3.28. The summed E-state index contributed by atoms with van der Waals surface area (Å²) >= 11 is 0. The molecule has 29 heavy (non-hydrogen) atoms. The fraction of sp³-hybridized carbons (Fsp3) is 0.591. The van der Waals surface area contributed by atoms with Gasteiger partial charge in [-0.3, -0.25) is 9.59 Å². The molecule has 1 N–H and O–H groups in total. The van der Waals surface area contributed by atoms with Crippen LogP contribution >= 0.6 is 0 Å². The molecule has 0 saturated carbocycles. The molecule has 0 bridgehead atoms. The van der Waals surface area contributed by atoms with E-state index in [4.69, 9.17) is 4.74 Å². The number of amides is 3. The van der Waals surface area contributed by atoms with Crippen molar-refractivity contribution in [1.29, 1.82) is 0 Å². The molecule has 0 aliphatic carbocycles. The molecule has 3 amide bonds. The maximum atomic E-state index is 13.0. The first kappa shape index (κ1) is 22.7. The lowest BCUT2D eigenvalue weighted by molar-refractivity contribution is -0.142. The van der Waals surface area contributed by atoms with Gasteiger partial charge < -0.3 is 19.9 Å². The first-order valence-corrected chi connectivity index (χ1v) is 10.1. The zero-order valence-corrected chi connectivity index (χ0v) is 18.2. The van der Waals surface area contributed by atoms with Gasteiger partial charge in [-0.15, -0.1) is 0 Å². The third-order valence-corrected chi connectivity index (χ3v) is 4.96. The van der Waals surface area contributed by atoms with E-state index in [1.165, 1.54) is 0 Å². The quantitative estimate of drug-likeness (QED) is 0.819. The van der Waals surface area contributed by atoms with Gasteiger partial charge in [-0.1, -0.05) is 30.3 Å². The number of benzene rings is 1. The third-order valence-electron chi connectivity index (χ3n) is 4.96. The Kier molecular flexibility index (Phi) is 7.27. The van der Waals surface area contributed by atoms with Gasteiger partial charge in [-0.2, -0.15) is 0 Å². The largest absolute Gasteiger partial charge is 0.444 e. The summed E-state index contributed by atoms with van der Waals surface area (Å²) in [6, 6.07) is 9.75. The number of nitrogens with zero attached hydrogens (tertiary/aromatic N) is 2. The number of nitrogens with one attached hydrogen (secondary N) is 1. The van der Waals surface area contributed by atoms with E-state index in [1.807, 2.05) is 49.1 Å². The minimum absolute atomic E-state index is 0.0320. The monoisotopic (exact) mass is 403 g/mol. The number of ether oxygens (including phenoxy) is 1. The molecule has 1 fully saturated rings. The topological polar surface area (TPSA) is 79.0 Å². The van der Waals surface area contributed by atoms with E-state index >= 15 is 0 Å². The molecule has 0 radical (unpaired) electrons. The van der Waals surface area contributed by atoms with Gasteiger partial charge in [-0.05, 0) is 40.2 Å². The molecular formula is C22H33N3O4. The number of rotatable bonds is 5. The maximum Gasteiger partial charge on any atom is 0.407 e. The summed E-state index contributed by atoms with van der Waals surface area (Å²) in [7, 11) is 0. The van der Waals surface area contributed by atoms with Gasteiger partial charge in [0.15, 0.2) is 0 Å². The molecule has 1 aliphatic heterocycles. The third kappa shape index (κ3) is 6.48. The Hall–Kier alpha value is -2.57. The lowest BCUT2D eigenvalue weighted by Crippen LogP contribution is -2.54. The average molecular weight is 404 g/mol. The number of carbonyl (C=O) groups is 3. The van der Waals surface area contributed by atoms with Crippen LogP contribution in [-0.4, -0.2) is 66.0 Å². The van der Waals surface area contributed by atoms with Gasteiger partial charge in [0.1, 0.15) is 5.60 Å². The molecule has 0 aromatic heterocycles. The van der Waals surface area contributed by atoms with Crippen LogP contribution in [0.2, 0.25) is 0 Å². The van der Waals surface area contributed by atoms with E-state index in [2.05, 4.69) is 5.32 Å². The number of alkyl carbamates (subject to hydrolysis) is 1. The van der Waals surface area contributed by atoms with Crippen LogP contribution in [0.5, 0.6) is 0 Å². The Balaban J connectivity index is 1.79. The van der Waals surface area contributed by atoms with E-state index in [0.717, 1.165) is 5.56 Å². The van der Waals surface area contributed by atoms with Crippen LogP contribution in [0.3, 0.4) is 0 Å². The Morgan fingerprint density at radius 2 is 1.48 bits per heavy atom. The normalized spacial score (nSPS) is 15.1. The summed E-state index contributed by atoms with van der Waals surface area (Å²) < 4.78 is 5.15. The molecule has 1 aromatic rings. The van der Waals surface area contributed by atoms with Crippen molar-refractivity contribution in [2.24, 2.45) is 0 Å². The molecule has 1 saturated heterocycles. The molecule has 1 aliphatic rings. The summed E-state index contributed by atoms with van der Waals surface area (Å²) in [5, 5.41) is 2.60. The Morgan fingerprint density at radius 1 is 0.931 bits per heavy atom.